The highest BCUT2D eigenvalue weighted by molar-refractivity contribution is 5.98. The number of aliphatic carboxylic acids is 1. The van der Waals surface area contributed by atoms with E-state index < -0.39 is 17.5 Å². The number of hydrogen-bond donors (Lipinski definition) is 2. The fourth-order valence-corrected chi connectivity index (χ4v) is 4.37. The molecule has 2 saturated carbocycles. The van der Waals surface area contributed by atoms with E-state index in [0.29, 0.717) is 19.3 Å². The van der Waals surface area contributed by atoms with Crippen LogP contribution in [0.15, 0.2) is 30.3 Å². The van der Waals surface area contributed by atoms with Crippen molar-refractivity contribution in [3.63, 3.8) is 0 Å². The molecule has 0 saturated heterocycles. The molecular formula is C18H22O4. The zero-order valence-corrected chi connectivity index (χ0v) is 12.7. The molecule has 2 aliphatic carbocycles. The Hall–Kier alpha value is -1.68. The van der Waals surface area contributed by atoms with Gasteiger partial charge in [0.15, 0.2) is 0 Å². The van der Waals surface area contributed by atoms with Crippen molar-refractivity contribution >= 4 is 11.8 Å². The Morgan fingerprint density at radius 1 is 1.36 bits per heavy atom. The van der Waals surface area contributed by atoms with Gasteiger partial charge >= 0.3 is 5.97 Å². The average molecular weight is 302 g/mol. The highest BCUT2D eigenvalue weighted by Crippen LogP contribution is 2.69. The van der Waals surface area contributed by atoms with E-state index in [-0.39, 0.29) is 23.5 Å². The third-order valence-corrected chi connectivity index (χ3v) is 5.71. The van der Waals surface area contributed by atoms with Gasteiger partial charge in [-0.3, -0.25) is 9.59 Å². The van der Waals surface area contributed by atoms with Crippen LogP contribution in [0, 0.1) is 23.2 Å². The Morgan fingerprint density at radius 2 is 2.05 bits per heavy atom. The summed E-state index contributed by atoms with van der Waals surface area (Å²) in [6, 6.07) is 9.88. The van der Waals surface area contributed by atoms with Gasteiger partial charge in [0.1, 0.15) is 5.78 Å². The van der Waals surface area contributed by atoms with E-state index in [1.165, 1.54) is 0 Å². The van der Waals surface area contributed by atoms with Crippen molar-refractivity contribution in [2.24, 2.45) is 23.2 Å². The monoisotopic (exact) mass is 302 g/mol. The van der Waals surface area contributed by atoms with Gasteiger partial charge in [-0.2, -0.15) is 0 Å². The van der Waals surface area contributed by atoms with Crippen LogP contribution >= 0.6 is 0 Å². The van der Waals surface area contributed by atoms with Crippen molar-refractivity contribution in [3.05, 3.63) is 35.9 Å². The summed E-state index contributed by atoms with van der Waals surface area (Å²) in [4.78, 5) is 23.9. The van der Waals surface area contributed by atoms with Crippen LogP contribution in [0.4, 0.5) is 0 Å². The van der Waals surface area contributed by atoms with E-state index >= 15 is 0 Å². The molecule has 22 heavy (non-hydrogen) atoms. The Balaban J connectivity index is 1.60. The summed E-state index contributed by atoms with van der Waals surface area (Å²) in [5.41, 5.74) is 0.304. The number of Topliss-reactive ketones (excluding diaryl/α,β-unsaturated/α-hetero) is 1. The van der Waals surface area contributed by atoms with Gasteiger partial charge in [-0.1, -0.05) is 37.3 Å². The molecule has 0 radical (unpaired) electrons. The maximum atomic E-state index is 12.5. The molecule has 0 aliphatic heterocycles. The maximum Gasteiger partial charge on any atom is 0.310 e. The minimum atomic E-state index is -0.851. The van der Waals surface area contributed by atoms with Crippen molar-refractivity contribution in [1.82, 2.24) is 0 Å². The largest absolute Gasteiger partial charge is 0.481 e. The van der Waals surface area contributed by atoms with Gasteiger partial charge in [-0.25, -0.2) is 0 Å². The minimum absolute atomic E-state index is 0.0326. The lowest BCUT2D eigenvalue weighted by Crippen LogP contribution is -2.33. The molecule has 0 amide bonds. The van der Waals surface area contributed by atoms with Crippen LogP contribution < -0.4 is 0 Å². The second-order valence-corrected chi connectivity index (χ2v) is 6.62. The lowest BCUT2D eigenvalue weighted by atomic mass is 9.83. The van der Waals surface area contributed by atoms with Crippen LogP contribution in [0.25, 0.3) is 0 Å². The van der Waals surface area contributed by atoms with Crippen LogP contribution in [-0.2, 0) is 16.0 Å². The van der Waals surface area contributed by atoms with Crippen LogP contribution in [0.3, 0.4) is 0 Å². The average Bonchev–Trinajstić information content (AvgIpc) is 3.07. The predicted molar refractivity (Wildman–Crippen MR) is 81.2 cm³/mol. The molecular weight excluding hydrogens is 280 g/mol. The second kappa shape index (κ2) is 5.51. The molecule has 2 N–H and O–H groups in total. The molecule has 118 valence electrons. The van der Waals surface area contributed by atoms with Crippen molar-refractivity contribution < 1.29 is 19.8 Å². The number of rotatable bonds is 6. The molecule has 0 aromatic heterocycles. The molecule has 1 aromatic carbocycles. The third kappa shape index (κ3) is 2.17. The molecule has 0 heterocycles. The topological polar surface area (TPSA) is 74.6 Å². The SMILES string of the molecule is CCC1(C(=O)O)C2CC(C(O)CCc3ccccc3)C(=O)C21. The highest BCUT2D eigenvalue weighted by atomic mass is 16.4. The van der Waals surface area contributed by atoms with Gasteiger partial charge in [-0.15, -0.1) is 0 Å². The fourth-order valence-electron chi connectivity index (χ4n) is 4.37. The summed E-state index contributed by atoms with van der Waals surface area (Å²) in [5, 5.41) is 19.7. The number of fused-ring (bicyclic) bond motifs is 1. The molecule has 2 aliphatic rings. The summed E-state index contributed by atoms with van der Waals surface area (Å²) in [6.45, 7) is 1.83. The Bertz CT molecular complexity index is 582. The van der Waals surface area contributed by atoms with Crippen LogP contribution in [0.2, 0.25) is 0 Å². The van der Waals surface area contributed by atoms with E-state index in [2.05, 4.69) is 0 Å². The number of ketones is 1. The van der Waals surface area contributed by atoms with Crippen molar-refractivity contribution in [3.8, 4) is 0 Å². The first kappa shape index (κ1) is 15.2. The number of carbonyl (C=O) groups is 2. The molecule has 4 heteroatoms. The quantitative estimate of drug-likeness (QED) is 0.845. The number of carboxylic acid groups (broad SMARTS) is 1. The number of carboxylic acids is 1. The van der Waals surface area contributed by atoms with Crippen LogP contribution in [-0.4, -0.2) is 28.1 Å². The first-order chi connectivity index (χ1) is 10.5. The number of aryl methyl sites for hydroxylation is 1. The number of hydrogen-bond acceptors (Lipinski definition) is 3. The zero-order chi connectivity index (χ0) is 15.9. The maximum absolute atomic E-state index is 12.5. The second-order valence-electron chi connectivity index (χ2n) is 6.62. The standard InChI is InChI=1S/C18H22O4/c1-2-18(17(21)22)13-10-12(16(20)15(13)18)14(19)9-8-11-6-4-3-5-7-11/h3-7,12-15,19H,2,8-10H2,1H3,(H,21,22). The smallest absolute Gasteiger partial charge is 0.310 e. The molecule has 4 nitrogen and oxygen atoms in total. The molecule has 0 spiro atoms. The third-order valence-electron chi connectivity index (χ3n) is 5.71. The van der Waals surface area contributed by atoms with Crippen molar-refractivity contribution in [2.75, 3.05) is 0 Å². The van der Waals surface area contributed by atoms with Gasteiger partial charge < -0.3 is 10.2 Å². The molecule has 5 atom stereocenters. The normalized spacial score (nSPS) is 34.3. The predicted octanol–water partition coefficient (Wildman–Crippen LogP) is 2.30. The molecule has 5 unspecified atom stereocenters. The van der Waals surface area contributed by atoms with E-state index in [9.17, 15) is 19.8 Å². The minimum Gasteiger partial charge on any atom is -0.481 e. The first-order valence-corrected chi connectivity index (χ1v) is 8.01. The van der Waals surface area contributed by atoms with E-state index in [1.54, 1.807) is 0 Å². The summed E-state index contributed by atoms with van der Waals surface area (Å²) in [6.07, 6.45) is 1.64. The number of aliphatic hydroxyl groups is 1. The summed E-state index contributed by atoms with van der Waals surface area (Å²) in [5.74, 6) is -1.70. The fraction of sp³-hybridized carbons (Fsp3) is 0.556. The summed E-state index contributed by atoms with van der Waals surface area (Å²) < 4.78 is 0. The summed E-state index contributed by atoms with van der Waals surface area (Å²) >= 11 is 0. The highest BCUT2D eigenvalue weighted by Gasteiger charge is 2.76. The van der Waals surface area contributed by atoms with E-state index in [1.807, 2.05) is 37.3 Å². The molecule has 3 rings (SSSR count). The van der Waals surface area contributed by atoms with E-state index in [0.717, 1.165) is 12.0 Å². The Morgan fingerprint density at radius 3 is 2.55 bits per heavy atom. The van der Waals surface area contributed by atoms with Gasteiger partial charge in [-0.05, 0) is 37.2 Å². The number of carbonyl (C=O) groups excluding carboxylic acids is 1. The molecule has 2 fully saturated rings. The van der Waals surface area contributed by atoms with Gasteiger partial charge in [0.2, 0.25) is 0 Å². The van der Waals surface area contributed by atoms with Gasteiger partial charge in [0, 0.05) is 11.8 Å². The Kier molecular flexibility index (Phi) is 3.81. The van der Waals surface area contributed by atoms with Crippen LogP contribution in [0.5, 0.6) is 0 Å². The van der Waals surface area contributed by atoms with Gasteiger partial charge in [0.05, 0.1) is 11.5 Å². The van der Waals surface area contributed by atoms with Gasteiger partial charge in [0.25, 0.3) is 0 Å². The lowest BCUT2D eigenvalue weighted by Gasteiger charge is -2.22. The van der Waals surface area contributed by atoms with Crippen LogP contribution in [0.1, 0.15) is 31.7 Å². The number of benzene rings is 1. The Labute approximate surface area is 130 Å². The molecule has 0 bridgehead atoms. The number of aliphatic hydroxyl groups excluding tert-OH is 1. The zero-order valence-electron chi connectivity index (χ0n) is 12.7. The summed E-state index contributed by atoms with van der Waals surface area (Å²) in [7, 11) is 0. The van der Waals surface area contributed by atoms with Crippen molar-refractivity contribution in [2.45, 2.75) is 38.7 Å². The van der Waals surface area contributed by atoms with E-state index in [4.69, 9.17) is 0 Å². The van der Waals surface area contributed by atoms with Crippen molar-refractivity contribution in [1.29, 1.82) is 0 Å². The lowest BCUT2D eigenvalue weighted by molar-refractivity contribution is -0.147. The molecule has 1 aromatic rings. The first-order valence-electron chi connectivity index (χ1n) is 8.01.